The van der Waals surface area contributed by atoms with Gasteiger partial charge in [-0.1, -0.05) is 152 Å². The molecular formula is C46H31N3O. The van der Waals surface area contributed by atoms with Gasteiger partial charge in [0, 0.05) is 27.5 Å². The normalized spacial score (nSPS) is 16.1. The van der Waals surface area contributed by atoms with Gasteiger partial charge in [-0.3, -0.25) is 4.99 Å². The Labute approximate surface area is 289 Å². The number of para-hydroxylation sites is 1. The quantitative estimate of drug-likeness (QED) is 0.154. The van der Waals surface area contributed by atoms with E-state index in [4.69, 9.17) is 20.1 Å². The molecule has 2 N–H and O–H groups in total. The molecule has 2 aliphatic rings. The summed E-state index contributed by atoms with van der Waals surface area (Å²) in [5.74, 6) is 1.04. The molecule has 8 aromatic rings. The molecule has 1 heterocycles. The lowest BCUT2D eigenvalue weighted by atomic mass is 9.70. The summed E-state index contributed by atoms with van der Waals surface area (Å²) in [6.45, 7) is 0.437. The van der Waals surface area contributed by atoms with Crippen LogP contribution in [0.3, 0.4) is 0 Å². The summed E-state index contributed by atoms with van der Waals surface area (Å²) >= 11 is 0. The van der Waals surface area contributed by atoms with Gasteiger partial charge in [0.2, 0.25) is 0 Å². The minimum atomic E-state index is -0.552. The maximum atomic E-state index is 6.83. The summed E-state index contributed by atoms with van der Waals surface area (Å²) in [5.41, 5.74) is 20.7. The molecule has 4 nitrogen and oxygen atoms in total. The van der Waals surface area contributed by atoms with Crippen LogP contribution in [0.4, 0.5) is 0 Å². The molecule has 0 fully saturated rings. The first-order valence-electron chi connectivity index (χ1n) is 17.0. The van der Waals surface area contributed by atoms with Crippen LogP contribution in [0, 0.1) is 0 Å². The van der Waals surface area contributed by atoms with Gasteiger partial charge in [0.05, 0.1) is 12.0 Å². The van der Waals surface area contributed by atoms with Crippen molar-refractivity contribution >= 4 is 33.6 Å². The molecule has 0 saturated carbocycles. The molecule has 50 heavy (non-hydrogen) atoms. The highest BCUT2D eigenvalue weighted by Gasteiger charge is 2.53. The van der Waals surface area contributed by atoms with Crippen molar-refractivity contribution in [2.24, 2.45) is 15.7 Å². The van der Waals surface area contributed by atoms with E-state index in [0.717, 1.165) is 38.6 Å². The molecule has 0 aliphatic heterocycles. The van der Waals surface area contributed by atoms with Crippen molar-refractivity contribution in [2.75, 3.05) is 0 Å². The molecule has 0 radical (unpaired) electrons. The number of aliphatic imine (C=N–C) groups is 2. The minimum absolute atomic E-state index is 0.435. The van der Waals surface area contributed by atoms with E-state index in [1.807, 2.05) is 66.7 Å². The van der Waals surface area contributed by atoms with Gasteiger partial charge in [-0.05, 0) is 56.6 Å². The van der Waals surface area contributed by atoms with Gasteiger partial charge in [0.15, 0.2) is 5.84 Å². The number of furan rings is 1. The van der Waals surface area contributed by atoms with E-state index in [1.54, 1.807) is 0 Å². The van der Waals surface area contributed by atoms with Crippen LogP contribution in [0.5, 0.6) is 0 Å². The SMILES string of the molecule is NC(=NC(=NCc1cccc2c1-c1ccccc1C21c2ccccc2-c2ccc3c(oc4ccccc43)c21)c1ccccc1)c1ccccc1. The average Bonchev–Trinajstić information content (AvgIpc) is 3.81. The number of benzene rings is 7. The summed E-state index contributed by atoms with van der Waals surface area (Å²) < 4.78 is 6.83. The summed E-state index contributed by atoms with van der Waals surface area (Å²) in [6.07, 6.45) is 0. The highest BCUT2D eigenvalue weighted by Crippen LogP contribution is 2.64. The third kappa shape index (κ3) is 3.99. The molecule has 1 aromatic heterocycles. The van der Waals surface area contributed by atoms with E-state index in [-0.39, 0.29) is 0 Å². The van der Waals surface area contributed by atoms with Crippen molar-refractivity contribution in [3.05, 3.63) is 203 Å². The molecular weight excluding hydrogens is 611 g/mol. The molecule has 4 heteroatoms. The number of fused-ring (bicyclic) bond motifs is 14. The third-order valence-corrected chi connectivity index (χ3v) is 10.4. The van der Waals surface area contributed by atoms with E-state index >= 15 is 0 Å². The van der Waals surface area contributed by atoms with Crippen molar-refractivity contribution in [3.8, 4) is 22.3 Å². The molecule has 10 rings (SSSR count). The first-order valence-corrected chi connectivity index (χ1v) is 17.0. The molecule has 0 saturated heterocycles. The highest BCUT2D eigenvalue weighted by molar-refractivity contribution is 6.12. The Kier molecular flexibility index (Phi) is 6.27. The number of hydrogen-bond donors (Lipinski definition) is 1. The van der Waals surface area contributed by atoms with Crippen LogP contribution < -0.4 is 5.73 Å². The molecule has 236 valence electrons. The summed E-state index contributed by atoms with van der Waals surface area (Å²) in [7, 11) is 0. The van der Waals surface area contributed by atoms with Gasteiger partial charge < -0.3 is 10.2 Å². The van der Waals surface area contributed by atoms with E-state index in [0.29, 0.717) is 18.2 Å². The number of nitrogens with two attached hydrogens (primary N) is 1. The largest absolute Gasteiger partial charge is 0.456 e. The highest BCUT2D eigenvalue weighted by atomic mass is 16.3. The molecule has 0 bridgehead atoms. The summed E-state index contributed by atoms with van der Waals surface area (Å²) in [6, 6.07) is 57.3. The first kappa shape index (κ1) is 28.5. The first-order chi connectivity index (χ1) is 24.7. The Morgan fingerprint density at radius 3 is 1.98 bits per heavy atom. The Hall–Kier alpha value is -6.52. The number of rotatable bonds is 4. The lowest BCUT2D eigenvalue weighted by Gasteiger charge is -2.30. The molecule has 2 aliphatic carbocycles. The Morgan fingerprint density at radius 1 is 0.540 bits per heavy atom. The van der Waals surface area contributed by atoms with Crippen LogP contribution in [0.15, 0.2) is 178 Å². The van der Waals surface area contributed by atoms with Gasteiger partial charge >= 0.3 is 0 Å². The monoisotopic (exact) mass is 641 g/mol. The van der Waals surface area contributed by atoms with Crippen LogP contribution in [0.25, 0.3) is 44.2 Å². The van der Waals surface area contributed by atoms with Crippen LogP contribution >= 0.6 is 0 Å². The zero-order valence-electron chi connectivity index (χ0n) is 27.2. The third-order valence-electron chi connectivity index (χ3n) is 10.4. The van der Waals surface area contributed by atoms with Crippen molar-refractivity contribution in [1.29, 1.82) is 0 Å². The Balaban J connectivity index is 1.22. The molecule has 7 aromatic carbocycles. The maximum absolute atomic E-state index is 6.83. The lowest BCUT2D eigenvalue weighted by molar-refractivity contribution is 0.652. The molecule has 1 atom stereocenters. The zero-order chi connectivity index (χ0) is 33.2. The molecule has 0 amide bonds. The lowest BCUT2D eigenvalue weighted by Crippen LogP contribution is -2.26. The van der Waals surface area contributed by atoms with Crippen LogP contribution in [0.2, 0.25) is 0 Å². The maximum Gasteiger partial charge on any atom is 0.157 e. The molecule has 1 spiro atoms. The van der Waals surface area contributed by atoms with Crippen molar-refractivity contribution in [3.63, 3.8) is 0 Å². The topological polar surface area (TPSA) is 63.9 Å². The number of amidine groups is 2. The van der Waals surface area contributed by atoms with E-state index in [1.165, 1.54) is 44.5 Å². The number of hydrogen-bond acceptors (Lipinski definition) is 2. The number of nitrogens with zero attached hydrogens (tertiary/aromatic N) is 2. The smallest absolute Gasteiger partial charge is 0.157 e. The van der Waals surface area contributed by atoms with Gasteiger partial charge in [0.25, 0.3) is 0 Å². The van der Waals surface area contributed by atoms with E-state index in [2.05, 4.69) is 97.1 Å². The summed E-state index contributed by atoms with van der Waals surface area (Å²) in [4.78, 5) is 10.1. The van der Waals surface area contributed by atoms with E-state index in [9.17, 15) is 0 Å². The van der Waals surface area contributed by atoms with Crippen molar-refractivity contribution in [2.45, 2.75) is 12.0 Å². The average molecular weight is 642 g/mol. The fourth-order valence-electron chi connectivity index (χ4n) is 8.39. The van der Waals surface area contributed by atoms with Crippen LogP contribution in [0.1, 0.15) is 38.9 Å². The minimum Gasteiger partial charge on any atom is -0.456 e. The summed E-state index contributed by atoms with van der Waals surface area (Å²) in [5, 5.41) is 2.27. The second-order valence-corrected chi connectivity index (χ2v) is 13.0. The second-order valence-electron chi connectivity index (χ2n) is 13.0. The molecule has 1 unspecified atom stereocenters. The predicted octanol–water partition coefficient (Wildman–Crippen LogP) is 10.3. The van der Waals surface area contributed by atoms with Gasteiger partial charge in [-0.15, -0.1) is 0 Å². The standard InChI is InChI=1S/C46H31N3O/c47-44(29-14-3-1-4-15-29)49-45(30-16-5-2-6-17-30)48-28-31-18-13-24-39-41(31)36-21-8-11-23-38(36)46(39)37-22-10-7-19-32(37)34-26-27-35-33-20-9-12-25-40(33)50-43(35)42(34)46/h1-27H,28H2,(H2,47,48,49). The van der Waals surface area contributed by atoms with E-state index < -0.39 is 5.41 Å². The van der Waals surface area contributed by atoms with Gasteiger partial charge in [-0.2, -0.15) is 0 Å². The predicted molar refractivity (Wildman–Crippen MR) is 204 cm³/mol. The Bertz CT molecular complexity index is 2690. The fourth-order valence-corrected chi connectivity index (χ4v) is 8.39. The zero-order valence-corrected chi connectivity index (χ0v) is 27.2. The van der Waals surface area contributed by atoms with Crippen molar-refractivity contribution in [1.82, 2.24) is 0 Å². The van der Waals surface area contributed by atoms with Crippen LogP contribution in [-0.2, 0) is 12.0 Å². The van der Waals surface area contributed by atoms with Crippen molar-refractivity contribution < 1.29 is 4.42 Å². The van der Waals surface area contributed by atoms with Gasteiger partial charge in [0.1, 0.15) is 17.0 Å². The van der Waals surface area contributed by atoms with Crippen LogP contribution in [-0.4, -0.2) is 11.7 Å². The second kappa shape index (κ2) is 11.0. The fraction of sp³-hybridized carbons (Fsp3) is 0.0435. The van der Waals surface area contributed by atoms with Gasteiger partial charge in [-0.25, -0.2) is 4.99 Å². The Morgan fingerprint density at radius 2 is 1.18 bits per heavy atom.